The molecule has 0 saturated heterocycles. The summed E-state index contributed by atoms with van der Waals surface area (Å²) in [5.74, 6) is -0.762. The summed E-state index contributed by atoms with van der Waals surface area (Å²) in [7, 11) is 0. The minimum atomic E-state index is -1.12. The van der Waals surface area contributed by atoms with Gasteiger partial charge in [-0.3, -0.25) is 10.1 Å². The number of hydrogen-bond donors (Lipinski definition) is 1. The minimum absolute atomic E-state index is 0.00475. The van der Waals surface area contributed by atoms with Crippen molar-refractivity contribution in [3.8, 4) is 11.5 Å². The van der Waals surface area contributed by atoms with Crippen LogP contribution in [0.5, 0.6) is 11.5 Å². The Morgan fingerprint density at radius 2 is 2.00 bits per heavy atom. The molecule has 1 N–H and O–H groups in total. The SMILES string of the molecule is Cc1ccc(Oc2ccc(I)cc2C(=O)O)cc1[N+](=O)[O-]. The van der Waals surface area contributed by atoms with E-state index in [0.29, 0.717) is 5.56 Å². The van der Waals surface area contributed by atoms with Gasteiger partial charge in [-0.05, 0) is 59.8 Å². The number of carboxylic acids is 1. The van der Waals surface area contributed by atoms with Crippen molar-refractivity contribution in [2.75, 3.05) is 0 Å². The maximum atomic E-state index is 11.2. The molecular formula is C14H10INO5. The highest BCUT2D eigenvalue weighted by atomic mass is 127. The summed E-state index contributed by atoms with van der Waals surface area (Å²) in [6, 6.07) is 9.09. The monoisotopic (exact) mass is 399 g/mol. The molecule has 0 aliphatic carbocycles. The topological polar surface area (TPSA) is 89.7 Å². The van der Waals surface area contributed by atoms with E-state index in [4.69, 9.17) is 9.84 Å². The molecule has 7 heteroatoms. The molecule has 0 amide bonds. The van der Waals surface area contributed by atoms with E-state index in [9.17, 15) is 14.9 Å². The molecule has 0 unspecified atom stereocenters. The molecule has 0 aliphatic heterocycles. The van der Waals surface area contributed by atoms with E-state index in [2.05, 4.69) is 0 Å². The average Bonchev–Trinajstić information content (AvgIpc) is 2.42. The molecule has 2 aromatic carbocycles. The normalized spacial score (nSPS) is 10.2. The lowest BCUT2D eigenvalue weighted by Crippen LogP contribution is -2.01. The van der Waals surface area contributed by atoms with E-state index in [1.807, 2.05) is 22.6 Å². The van der Waals surface area contributed by atoms with E-state index in [-0.39, 0.29) is 22.7 Å². The lowest BCUT2D eigenvalue weighted by Gasteiger charge is -2.09. The number of aromatic carboxylic acids is 1. The van der Waals surface area contributed by atoms with Crippen LogP contribution in [0.1, 0.15) is 15.9 Å². The van der Waals surface area contributed by atoms with Crippen LogP contribution in [0.15, 0.2) is 36.4 Å². The Hall–Kier alpha value is -2.16. The van der Waals surface area contributed by atoms with Crippen molar-refractivity contribution in [1.29, 1.82) is 0 Å². The Labute approximate surface area is 133 Å². The molecule has 0 aromatic heterocycles. The molecular weight excluding hydrogens is 389 g/mol. The maximum Gasteiger partial charge on any atom is 0.339 e. The van der Waals surface area contributed by atoms with Crippen LogP contribution in [0.3, 0.4) is 0 Å². The summed E-state index contributed by atoms with van der Waals surface area (Å²) >= 11 is 2.00. The van der Waals surface area contributed by atoms with Crippen molar-refractivity contribution in [1.82, 2.24) is 0 Å². The third-order valence-electron chi connectivity index (χ3n) is 2.78. The van der Waals surface area contributed by atoms with Gasteiger partial charge in [0.15, 0.2) is 0 Å². The van der Waals surface area contributed by atoms with Crippen LogP contribution in [0, 0.1) is 20.6 Å². The highest BCUT2D eigenvalue weighted by Gasteiger charge is 2.15. The molecule has 0 saturated carbocycles. The Bertz CT molecular complexity index is 729. The van der Waals surface area contributed by atoms with E-state index in [1.165, 1.54) is 18.2 Å². The van der Waals surface area contributed by atoms with Gasteiger partial charge in [-0.2, -0.15) is 0 Å². The van der Waals surface area contributed by atoms with Gasteiger partial charge in [0.25, 0.3) is 5.69 Å². The fourth-order valence-electron chi connectivity index (χ4n) is 1.73. The maximum absolute atomic E-state index is 11.2. The summed E-state index contributed by atoms with van der Waals surface area (Å²) < 4.78 is 6.24. The third kappa shape index (κ3) is 3.48. The van der Waals surface area contributed by atoms with Gasteiger partial charge in [-0.1, -0.05) is 0 Å². The van der Waals surface area contributed by atoms with E-state index < -0.39 is 10.9 Å². The summed E-state index contributed by atoms with van der Waals surface area (Å²) in [6.45, 7) is 1.62. The molecule has 0 spiro atoms. The van der Waals surface area contributed by atoms with Crippen LogP contribution >= 0.6 is 22.6 Å². The van der Waals surface area contributed by atoms with Crippen LogP contribution in [-0.2, 0) is 0 Å². The number of nitro groups is 1. The number of ether oxygens (including phenoxy) is 1. The van der Waals surface area contributed by atoms with Crippen molar-refractivity contribution in [2.45, 2.75) is 6.92 Å². The van der Waals surface area contributed by atoms with Gasteiger partial charge in [0, 0.05) is 9.13 Å². The first-order valence-electron chi connectivity index (χ1n) is 5.84. The van der Waals surface area contributed by atoms with Gasteiger partial charge in [0.1, 0.15) is 17.1 Å². The number of aryl methyl sites for hydroxylation is 1. The number of rotatable bonds is 4. The summed E-state index contributed by atoms with van der Waals surface area (Å²) in [4.78, 5) is 21.6. The standard InChI is InChI=1S/C14H10INO5/c1-8-2-4-10(7-12(8)16(19)20)21-13-5-3-9(15)6-11(13)14(17)18/h2-7H,1H3,(H,17,18). The second-order valence-electron chi connectivity index (χ2n) is 4.25. The zero-order chi connectivity index (χ0) is 15.6. The molecule has 2 aromatic rings. The molecule has 0 heterocycles. The largest absolute Gasteiger partial charge is 0.478 e. The van der Waals surface area contributed by atoms with Crippen LogP contribution < -0.4 is 4.74 Å². The molecule has 108 valence electrons. The lowest BCUT2D eigenvalue weighted by molar-refractivity contribution is -0.385. The highest BCUT2D eigenvalue weighted by Crippen LogP contribution is 2.30. The van der Waals surface area contributed by atoms with Gasteiger partial charge >= 0.3 is 5.97 Å². The van der Waals surface area contributed by atoms with Gasteiger partial charge in [-0.15, -0.1) is 0 Å². The van der Waals surface area contributed by atoms with Crippen LogP contribution in [-0.4, -0.2) is 16.0 Å². The predicted octanol–water partition coefficient (Wildman–Crippen LogP) is 4.00. The molecule has 21 heavy (non-hydrogen) atoms. The number of halogens is 1. The molecule has 0 aliphatic rings. The van der Waals surface area contributed by atoms with Crippen LogP contribution in [0.25, 0.3) is 0 Å². The molecule has 6 nitrogen and oxygen atoms in total. The Morgan fingerprint density at radius 1 is 1.29 bits per heavy atom. The van der Waals surface area contributed by atoms with E-state index in [1.54, 1.807) is 25.1 Å². The zero-order valence-electron chi connectivity index (χ0n) is 10.9. The number of carbonyl (C=O) groups is 1. The predicted molar refractivity (Wildman–Crippen MR) is 84.0 cm³/mol. The van der Waals surface area contributed by atoms with Crippen molar-refractivity contribution in [3.05, 3.63) is 61.2 Å². The zero-order valence-corrected chi connectivity index (χ0v) is 13.0. The van der Waals surface area contributed by atoms with Crippen molar-refractivity contribution in [3.63, 3.8) is 0 Å². The number of benzene rings is 2. The number of nitrogens with zero attached hydrogens (tertiary/aromatic N) is 1. The molecule has 0 bridgehead atoms. The Kier molecular flexibility index (Phi) is 4.41. The van der Waals surface area contributed by atoms with Crippen molar-refractivity contribution in [2.24, 2.45) is 0 Å². The van der Waals surface area contributed by atoms with Crippen LogP contribution in [0.2, 0.25) is 0 Å². The van der Waals surface area contributed by atoms with E-state index >= 15 is 0 Å². The van der Waals surface area contributed by atoms with Crippen LogP contribution in [0.4, 0.5) is 5.69 Å². The quantitative estimate of drug-likeness (QED) is 0.477. The summed E-state index contributed by atoms with van der Waals surface area (Å²) in [5.41, 5.74) is 0.438. The smallest absolute Gasteiger partial charge is 0.339 e. The molecule has 0 fully saturated rings. The number of hydrogen-bond acceptors (Lipinski definition) is 4. The first-order valence-corrected chi connectivity index (χ1v) is 6.92. The minimum Gasteiger partial charge on any atom is -0.478 e. The Balaban J connectivity index is 2.41. The highest BCUT2D eigenvalue weighted by molar-refractivity contribution is 14.1. The molecule has 0 radical (unpaired) electrons. The summed E-state index contributed by atoms with van der Waals surface area (Å²) in [6.07, 6.45) is 0. The van der Waals surface area contributed by atoms with Gasteiger partial charge in [0.05, 0.1) is 11.0 Å². The second kappa shape index (κ2) is 6.08. The first kappa shape index (κ1) is 15.2. The first-order chi connectivity index (χ1) is 9.88. The van der Waals surface area contributed by atoms with Crippen molar-refractivity contribution >= 4 is 34.2 Å². The number of carboxylic acid groups (broad SMARTS) is 1. The Morgan fingerprint density at radius 3 is 2.62 bits per heavy atom. The fourth-order valence-corrected chi connectivity index (χ4v) is 2.23. The molecule has 2 rings (SSSR count). The third-order valence-corrected chi connectivity index (χ3v) is 3.45. The fraction of sp³-hybridized carbons (Fsp3) is 0.0714. The van der Waals surface area contributed by atoms with Gasteiger partial charge in [-0.25, -0.2) is 4.79 Å². The van der Waals surface area contributed by atoms with Gasteiger partial charge in [0.2, 0.25) is 0 Å². The molecule has 0 atom stereocenters. The lowest BCUT2D eigenvalue weighted by atomic mass is 10.2. The number of nitro benzene ring substituents is 1. The van der Waals surface area contributed by atoms with Crippen molar-refractivity contribution < 1.29 is 19.6 Å². The van der Waals surface area contributed by atoms with Gasteiger partial charge < -0.3 is 9.84 Å². The second-order valence-corrected chi connectivity index (χ2v) is 5.50. The van der Waals surface area contributed by atoms with E-state index in [0.717, 1.165) is 3.57 Å². The summed E-state index contributed by atoms with van der Waals surface area (Å²) in [5, 5.41) is 20.1. The average molecular weight is 399 g/mol.